The fourth-order valence-corrected chi connectivity index (χ4v) is 3.46. The van der Waals surface area contributed by atoms with Gasteiger partial charge in [-0.25, -0.2) is 0 Å². The number of guanidine groups is 1. The van der Waals surface area contributed by atoms with Gasteiger partial charge in [-0.3, -0.25) is 9.79 Å². The van der Waals surface area contributed by atoms with Crippen molar-refractivity contribution in [2.24, 2.45) is 4.99 Å². The number of aliphatic imine (C=N–C) groups is 1. The Morgan fingerprint density at radius 2 is 2.04 bits per heavy atom. The third kappa shape index (κ3) is 7.79. The van der Waals surface area contributed by atoms with Crippen molar-refractivity contribution in [2.75, 3.05) is 33.7 Å². The van der Waals surface area contributed by atoms with E-state index in [2.05, 4.69) is 47.4 Å². The van der Waals surface area contributed by atoms with Gasteiger partial charge in [-0.15, -0.1) is 24.0 Å². The summed E-state index contributed by atoms with van der Waals surface area (Å²) in [6.45, 7) is 6.60. The third-order valence-corrected chi connectivity index (χ3v) is 4.97. The highest BCUT2D eigenvalue weighted by atomic mass is 127. The number of carbonyl (C=O) groups is 1. The van der Waals surface area contributed by atoms with Crippen molar-refractivity contribution < 1.29 is 4.79 Å². The second-order valence-electron chi connectivity index (χ2n) is 6.75. The molecule has 0 bridgehead atoms. The monoisotopic (exact) mass is 514 g/mol. The van der Waals surface area contributed by atoms with Gasteiger partial charge in [-0.2, -0.15) is 11.3 Å². The number of carbonyl (C=O) groups excluding carboxylic acids is 1. The van der Waals surface area contributed by atoms with Gasteiger partial charge >= 0.3 is 0 Å². The molecule has 1 amide bonds. The summed E-state index contributed by atoms with van der Waals surface area (Å²) in [6.07, 6.45) is 0.832. The summed E-state index contributed by atoms with van der Waals surface area (Å²) in [7, 11) is 3.54. The lowest BCUT2D eigenvalue weighted by Gasteiger charge is -2.14. The molecule has 1 atom stereocenters. The number of thiophene rings is 1. The van der Waals surface area contributed by atoms with Crippen LogP contribution in [0.3, 0.4) is 0 Å². The maximum atomic E-state index is 12.1. The highest BCUT2D eigenvalue weighted by Crippen LogP contribution is 2.18. The maximum Gasteiger partial charge on any atom is 0.253 e. The molecule has 0 saturated heterocycles. The Balaban J connectivity index is 0.00000392. The fraction of sp³-hybridized carbons (Fsp3) is 0.429. The summed E-state index contributed by atoms with van der Waals surface area (Å²) in [6, 6.07) is 9.97. The molecule has 5 nitrogen and oxygen atoms in total. The van der Waals surface area contributed by atoms with Crippen molar-refractivity contribution in [2.45, 2.75) is 26.2 Å². The molecule has 1 heterocycles. The van der Waals surface area contributed by atoms with E-state index in [-0.39, 0.29) is 29.9 Å². The van der Waals surface area contributed by atoms with Gasteiger partial charge in [0.1, 0.15) is 0 Å². The summed E-state index contributed by atoms with van der Waals surface area (Å²) in [4.78, 5) is 18.4. The van der Waals surface area contributed by atoms with Crippen molar-refractivity contribution >= 4 is 47.2 Å². The van der Waals surface area contributed by atoms with Gasteiger partial charge in [0.2, 0.25) is 0 Å². The molecule has 0 saturated carbocycles. The van der Waals surface area contributed by atoms with Crippen LogP contribution >= 0.6 is 35.3 Å². The number of nitrogens with one attached hydrogen (secondary N) is 2. The molecule has 1 aromatic heterocycles. The van der Waals surface area contributed by atoms with E-state index in [4.69, 9.17) is 4.99 Å². The number of rotatable bonds is 8. The van der Waals surface area contributed by atoms with E-state index in [0.717, 1.165) is 43.1 Å². The summed E-state index contributed by atoms with van der Waals surface area (Å²) in [5, 5.41) is 11.0. The minimum Gasteiger partial charge on any atom is -0.357 e. The SMILES string of the molecule is CCNC(=NCC(C)c1ccsc1)NCCc1cccc(C(=O)N(C)C)c1.I. The first kappa shape index (κ1) is 24.4. The molecule has 7 heteroatoms. The Kier molecular flexibility index (Phi) is 11.1. The normalized spacial score (nSPS) is 12.1. The lowest BCUT2D eigenvalue weighted by atomic mass is 10.1. The van der Waals surface area contributed by atoms with Gasteiger partial charge in [0.25, 0.3) is 5.91 Å². The number of amides is 1. The molecule has 2 N–H and O–H groups in total. The van der Waals surface area contributed by atoms with Crippen LogP contribution in [0, 0.1) is 0 Å². The number of benzene rings is 1. The molecule has 1 aromatic carbocycles. The lowest BCUT2D eigenvalue weighted by Crippen LogP contribution is -2.38. The van der Waals surface area contributed by atoms with Crippen LogP contribution in [-0.4, -0.2) is 50.5 Å². The zero-order valence-corrected chi connectivity index (χ0v) is 20.2. The van der Waals surface area contributed by atoms with Crippen LogP contribution in [0.25, 0.3) is 0 Å². The summed E-state index contributed by atoms with van der Waals surface area (Å²) in [5.74, 6) is 1.27. The van der Waals surface area contributed by atoms with Crippen LogP contribution < -0.4 is 10.6 Å². The van der Waals surface area contributed by atoms with E-state index in [0.29, 0.717) is 5.92 Å². The largest absolute Gasteiger partial charge is 0.357 e. The second-order valence-corrected chi connectivity index (χ2v) is 7.53. The molecule has 0 aliphatic heterocycles. The van der Waals surface area contributed by atoms with Crippen molar-refractivity contribution in [3.05, 3.63) is 57.8 Å². The van der Waals surface area contributed by atoms with Crippen molar-refractivity contribution in [3.63, 3.8) is 0 Å². The molecule has 2 aromatic rings. The average molecular weight is 514 g/mol. The molecule has 1 unspecified atom stereocenters. The molecule has 0 aliphatic rings. The molecule has 0 aliphatic carbocycles. The standard InChI is InChI=1S/C21H30N4OS.HI/c1-5-22-21(24-14-16(2)19-10-12-27-15-19)23-11-9-17-7-6-8-18(13-17)20(26)25(3)4;/h6-8,10,12-13,15-16H,5,9,11,14H2,1-4H3,(H2,22,23,24);1H. The molecule has 28 heavy (non-hydrogen) atoms. The molecule has 0 fully saturated rings. The zero-order valence-electron chi connectivity index (χ0n) is 17.1. The van der Waals surface area contributed by atoms with E-state index in [1.54, 1.807) is 30.3 Å². The average Bonchev–Trinajstić information content (AvgIpc) is 3.20. The van der Waals surface area contributed by atoms with Gasteiger partial charge in [-0.1, -0.05) is 19.1 Å². The van der Waals surface area contributed by atoms with Crippen LogP contribution in [0.2, 0.25) is 0 Å². The first-order chi connectivity index (χ1) is 13.0. The Labute approximate surface area is 189 Å². The quantitative estimate of drug-likeness (QED) is 0.319. The van der Waals surface area contributed by atoms with Crippen LogP contribution in [-0.2, 0) is 6.42 Å². The first-order valence-electron chi connectivity index (χ1n) is 9.36. The Morgan fingerprint density at radius 1 is 1.25 bits per heavy atom. The van der Waals surface area contributed by atoms with Gasteiger partial charge in [-0.05, 0) is 53.4 Å². The highest BCUT2D eigenvalue weighted by Gasteiger charge is 2.09. The van der Waals surface area contributed by atoms with Gasteiger partial charge in [0.05, 0.1) is 0 Å². The predicted molar refractivity (Wildman–Crippen MR) is 130 cm³/mol. The smallest absolute Gasteiger partial charge is 0.253 e. The summed E-state index contributed by atoms with van der Waals surface area (Å²) in [5.41, 5.74) is 3.20. The van der Waals surface area contributed by atoms with Crippen LogP contribution in [0.4, 0.5) is 0 Å². The van der Waals surface area contributed by atoms with Crippen molar-refractivity contribution in [1.29, 1.82) is 0 Å². The first-order valence-corrected chi connectivity index (χ1v) is 10.3. The second kappa shape index (κ2) is 12.8. The van der Waals surface area contributed by atoms with Crippen molar-refractivity contribution in [1.82, 2.24) is 15.5 Å². The molecule has 0 radical (unpaired) electrons. The van der Waals surface area contributed by atoms with E-state index >= 15 is 0 Å². The minimum absolute atomic E-state index is 0. The molecular formula is C21H31IN4OS. The minimum atomic E-state index is 0. The summed E-state index contributed by atoms with van der Waals surface area (Å²) < 4.78 is 0. The van der Waals surface area contributed by atoms with Crippen LogP contribution in [0.15, 0.2) is 46.1 Å². The molecule has 0 spiro atoms. The third-order valence-electron chi connectivity index (χ3n) is 4.27. The zero-order chi connectivity index (χ0) is 19.6. The number of hydrogen-bond donors (Lipinski definition) is 2. The topological polar surface area (TPSA) is 56.7 Å². The van der Waals surface area contributed by atoms with E-state index < -0.39 is 0 Å². The Morgan fingerprint density at radius 3 is 2.68 bits per heavy atom. The van der Waals surface area contributed by atoms with Gasteiger partial charge in [0, 0.05) is 45.2 Å². The number of hydrogen-bond acceptors (Lipinski definition) is 3. The van der Waals surface area contributed by atoms with E-state index in [9.17, 15) is 4.79 Å². The van der Waals surface area contributed by atoms with Gasteiger partial charge < -0.3 is 15.5 Å². The van der Waals surface area contributed by atoms with Crippen LogP contribution in [0.5, 0.6) is 0 Å². The lowest BCUT2D eigenvalue weighted by molar-refractivity contribution is 0.0827. The Bertz CT molecular complexity index is 747. The highest BCUT2D eigenvalue weighted by molar-refractivity contribution is 14.0. The number of halogens is 1. The fourth-order valence-electron chi connectivity index (χ4n) is 2.67. The van der Waals surface area contributed by atoms with Gasteiger partial charge in [0.15, 0.2) is 5.96 Å². The molecular weight excluding hydrogens is 483 g/mol. The predicted octanol–water partition coefficient (Wildman–Crippen LogP) is 3.97. The maximum absolute atomic E-state index is 12.1. The molecule has 2 rings (SSSR count). The van der Waals surface area contributed by atoms with Crippen molar-refractivity contribution in [3.8, 4) is 0 Å². The number of nitrogens with zero attached hydrogens (tertiary/aromatic N) is 2. The van der Waals surface area contributed by atoms with Crippen LogP contribution in [0.1, 0.15) is 41.3 Å². The Hall–Kier alpha value is -1.61. The summed E-state index contributed by atoms with van der Waals surface area (Å²) >= 11 is 1.72. The van der Waals surface area contributed by atoms with E-state index in [1.807, 2.05) is 18.2 Å². The van der Waals surface area contributed by atoms with E-state index in [1.165, 1.54) is 5.56 Å². The molecule has 154 valence electrons.